The molecule has 2 heterocycles. The number of carbonyl (C=O) groups is 1. The molecule has 0 saturated carbocycles. The third kappa shape index (κ3) is 5.93. The zero-order chi connectivity index (χ0) is 22.3. The summed E-state index contributed by atoms with van der Waals surface area (Å²) in [7, 11) is 0. The fourth-order valence-corrected chi connectivity index (χ4v) is 3.83. The van der Waals surface area contributed by atoms with Gasteiger partial charge < -0.3 is 14.4 Å². The van der Waals surface area contributed by atoms with Crippen LogP contribution in [0.5, 0.6) is 5.75 Å². The quantitative estimate of drug-likeness (QED) is 0.553. The highest BCUT2D eigenvalue weighted by atomic mass is 16.5. The molecule has 0 atom stereocenters. The Balaban J connectivity index is 1.32. The maximum absolute atomic E-state index is 12.7. The molecular formula is C26H28N2O4. The van der Waals surface area contributed by atoms with E-state index in [9.17, 15) is 14.7 Å². The number of benzene rings is 2. The van der Waals surface area contributed by atoms with Gasteiger partial charge in [0.25, 0.3) is 5.56 Å². The number of Topliss-reactive ketones (excluding diaryl/α,β-unsaturated/α-hetero) is 1. The molecule has 1 N–H and O–H groups in total. The SMILES string of the molecule is O=C(Cn1ccc(OCc2ccccc2)cc1=O)c1ccc(CN2CCC(O)CC2)cc1. The molecule has 0 radical (unpaired) electrons. The van der Waals surface area contributed by atoms with Crippen molar-refractivity contribution < 1.29 is 14.6 Å². The van der Waals surface area contributed by atoms with Gasteiger partial charge in [-0.1, -0.05) is 54.6 Å². The van der Waals surface area contributed by atoms with Crippen LogP contribution in [0.1, 0.15) is 34.3 Å². The summed E-state index contributed by atoms with van der Waals surface area (Å²) in [6.45, 7) is 2.95. The van der Waals surface area contributed by atoms with E-state index in [0.717, 1.165) is 43.6 Å². The third-order valence-electron chi connectivity index (χ3n) is 5.77. The molecule has 0 amide bonds. The Morgan fingerprint density at radius 3 is 2.38 bits per heavy atom. The van der Waals surface area contributed by atoms with Gasteiger partial charge in [-0.05, 0) is 30.0 Å². The molecule has 0 unspecified atom stereocenters. The minimum atomic E-state index is -0.271. The number of carbonyl (C=O) groups excluding carboxylic acids is 1. The van der Waals surface area contributed by atoms with Crippen molar-refractivity contribution in [1.29, 1.82) is 0 Å². The van der Waals surface area contributed by atoms with Crippen LogP contribution < -0.4 is 10.3 Å². The molecule has 3 aromatic rings. The summed E-state index contributed by atoms with van der Waals surface area (Å²) in [5.41, 5.74) is 2.47. The average molecular weight is 433 g/mol. The van der Waals surface area contributed by atoms with E-state index in [1.54, 1.807) is 12.3 Å². The van der Waals surface area contributed by atoms with E-state index in [0.29, 0.717) is 17.9 Å². The second kappa shape index (κ2) is 10.4. The molecule has 0 spiro atoms. The fraction of sp³-hybridized carbons (Fsp3) is 0.308. The molecule has 1 aliphatic rings. The molecule has 6 heteroatoms. The molecule has 1 aromatic heterocycles. The minimum Gasteiger partial charge on any atom is -0.489 e. The van der Waals surface area contributed by atoms with Gasteiger partial charge in [0.15, 0.2) is 5.78 Å². The Labute approximate surface area is 187 Å². The number of rotatable bonds is 8. The van der Waals surface area contributed by atoms with Gasteiger partial charge in [0.05, 0.1) is 12.6 Å². The highest BCUT2D eigenvalue weighted by molar-refractivity contribution is 5.95. The fourth-order valence-electron chi connectivity index (χ4n) is 3.83. The van der Waals surface area contributed by atoms with Crippen LogP contribution >= 0.6 is 0 Å². The van der Waals surface area contributed by atoms with Crippen LogP contribution in [-0.4, -0.2) is 39.6 Å². The van der Waals surface area contributed by atoms with E-state index in [-0.39, 0.29) is 24.0 Å². The lowest BCUT2D eigenvalue weighted by Crippen LogP contribution is -2.35. The summed E-state index contributed by atoms with van der Waals surface area (Å²) in [4.78, 5) is 27.4. The van der Waals surface area contributed by atoms with Crippen LogP contribution in [0.15, 0.2) is 77.7 Å². The molecule has 32 heavy (non-hydrogen) atoms. The Morgan fingerprint density at radius 1 is 0.969 bits per heavy atom. The second-order valence-corrected chi connectivity index (χ2v) is 8.23. The number of ketones is 1. The van der Waals surface area contributed by atoms with Crippen molar-refractivity contribution in [3.05, 3.63) is 100.0 Å². The van der Waals surface area contributed by atoms with Crippen molar-refractivity contribution in [3.63, 3.8) is 0 Å². The van der Waals surface area contributed by atoms with Crippen molar-refractivity contribution in [2.75, 3.05) is 13.1 Å². The van der Waals surface area contributed by atoms with Gasteiger partial charge in [-0.3, -0.25) is 14.5 Å². The molecule has 2 aromatic carbocycles. The third-order valence-corrected chi connectivity index (χ3v) is 5.77. The van der Waals surface area contributed by atoms with Crippen LogP contribution in [0.3, 0.4) is 0 Å². The van der Waals surface area contributed by atoms with Crippen molar-refractivity contribution in [2.24, 2.45) is 0 Å². The number of pyridine rings is 1. The predicted molar refractivity (Wildman–Crippen MR) is 123 cm³/mol. The zero-order valence-corrected chi connectivity index (χ0v) is 18.0. The number of hydrogen-bond acceptors (Lipinski definition) is 5. The average Bonchev–Trinajstić information content (AvgIpc) is 2.82. The summed E-state index contributed by atoms with van der Waals surface area (Å²) in [6.07, 6.45) is 3.03. The summed E-state index contributed by atoms with van der Waals surface area (Å²) < 4.78 is 7.08. The Kier molecular flexibility index (Phi) is 7.14. The summed E-state index contributed by atoms with van der Waals surface area (Å²) in [5, 5.41) is 9.62. The Bertz CT molecular complexity index is 1080. The first-order chi connectivity index (χ1) is 15.6. The van der Waals surface area contributed by atoms with Crippen LogP contribution in [-0.2, 0) is 19.7 Å². The van der Waals surface area contributed by atoms with Gasteiger partial charge in [-0.2, -0.15) is 0 Å². The van der Waals surface area contributed by atoms with E-state index in [2.05, 4.69) is 4.90 Å². The smallest absolute Gasteiger partial charge is 0.254 e. The van der Waals surface area contributed by atoms with E-state index in [1.807, 2.05) is 54.6 Å². The van der Waals surface area contributed by atoms with Crippen molar-refractivity contribution in [2.45, 2.75) is 38.6 Å². The van der Waals surface area contributed by atoms with Crippen LogP contribution in [0.4, 0.5) is 0 Å². The number of ether oxygens (including phenoxy) is 1. The lowest BCUT2D eigenvalue weighted by molar-refractivity contribution is 0.0792. The molecule has 0 aliphatic carbocycles. The van der Waals surface area contributed by atoms with E-state index in [4.69, 9.17) is 4.74 Å². The van der Waals surface area contributed by atoms with Crippen LogP contribution in [0, 0.1) is 0 Å². The lowest BCUT2D eigenvalue weighted by Gasteiger charge is -2.29. The highest BCUT2D eigenvalue weighted by Crippen LogP contribution is 2.15. The summed E-state index contributed by atoms with van der Waals surface area (Å²) in [6, 6.07) is 20.4. The minimum absolute atomic E-state index is 0.0127. The zero-order valence-electron chi connectivity index (χ0n) is 18.0. The topological polar surface area (TPSA) is 71.8 Å². The van der Waals surface area contributed by atoms with Crippen LogP contribution in [0.25, 0.3) is 0 Å². The molecule has 1 aliphatic heterocycles. The van der Waals surface area contributed by atoms with Gasteiger partial charge in [-0.15, -0.1) is 0 Å². The molecule has 166 valence electrons. The maximum Gasteiger partial charge on any atom is 0.254 e. The van der Waals surface area contributed by atoms with Gasteiger partial charge in [-0.25, -0.2) is 0 Å². The summed E-state index contributed by atoms with van der Waals surface area (Å²) in [5.74, 6) is 0.370. The van der Waals surface area contributed by atoms with Gasteiger partial charge in [0, 0.05) is 37.5 Å². The van der Waals surface area contributed by atoms with E-state index >= 15 is 0 Å². The normalized spacial score (nSPS) is 14.9. The molecule has 1 fully saturated rings. The first-order valence-corrected chi connectivity index (χ1v) is 11.0. The van der Waals surface area contributed by atoms with Crippen molar-refractivity contribution in [3.8, 4) is 5.75 Å². The number of nitrogens with zero attached hydrogens (tertiary/aromatic N) is 2. The highest BCUT2D eigenvalue weighted by Gasteiger charge is 2.17. The first kappa shape index (κ1) is 22.0. The molecule has 4 rings (SSSR count). The monoisotopic (exact) mass is 432 g/mol. The summed E-state index contributed by atoms with van der Waals surface area (Å²) >= 11 is 0. The van der Waals surface area contributed by atoms with Crippen LogP contribution in [0.2, 0.25) is 0 Å². The molecule has 6 nitrogen and oxygen atoms in total. The first-order valence-electron chi connectivity index (χ1n) is 11.0. The number of aliphatic hydroxyl groups is 1. The number of aromatic nitrogens is 1. The largest absolute Gasteiger partial charge is 0.489 e. The standard InChI is InChI=1S/C26H28N2O4/c29-23-10-13-27(14-11-23)17-20-6-8-22(9-7-20)25(30)18-28-15-12-24(16-26(28)31)32-19-21-4-2-1-3-5-21/h1-9,12,15-16,23,29H,10-11,13-14,17-19H2. The van der Waals surface area contributed by atoms with Crippen molar-refractivity contribution >= 4 is 5.78 Å². The van der Waals surface area contributed by atoms with E-state index in [1.165, 1.54) is 10.6 Å². The Morgan fingerprint density at radius 2 is 1.69 bits per heavy atom. The van der Waals surface area contributed by atoms with Gasteiger partial charge in [0.2, 0.25) is 0 Å². The van der Waals surface area contributed by atoms with Gasteiger partial charge >= 0.3 is 0 Å². The van der Waals surface area contributed by atoms with E-state index < -0.39 is 0 Å². The predicted octanol–water partition coefficient (Wildman–Crippen LogP) is 3.27. The molecule has 1 saturated heterocycles. The number of aliphatic hydroxyl groups excluding tert-OH is 1. The number of hydrogen-bond donors (Lipinski definition) is 1. The van der Waals surface area contributed by atoms with Gasteiger partial charge in [0.1, 0.15) is 12.4 Å². The second-order valence-electron chi connectivity index (χ2n) is 8.23. The number of likely N-dealkylation sites (tertiary alicyclic amines) is 1. The molecule has 0 bridgehead atoms. The molecular weight excluding hydrogens is 404 g/mol. The maximum atomic E-state index is 12.7. The number of piperidine rings is 1. The Hall–Kier alpha value is -3.22. The lowest BCUT2D eigenvalue weighted by atomic mass is 10.1. The van der Waals surface area contributed by atoms with Crippen molar-refractivity contribution in [1.82, 2.24) is 9.47 Å².